The van der Waals surface area contributed by atoms with Crippen molar-refractivity contribution in [2.75, 3.05) is 6.26 Å². The van der Waals surface area contributed by atoms with Crippen LogP contribution in [0.15, 0.2) is 53.7 Å². The fourth-order valence-electron chi connectivity index (χ4n) is 4.01. The zero-order chi connectivity index (χ0) is 29.3. The van der Waals surface area contributed by atoms with E-state index in [-0.39, 0.29) is 0 Å². The highest BCUT2D eigenvalue weighted by Crippen LogP contribution is 2.42. The number of rotatable bonds is 13. The van der Waals surface area contributed by atoms with Gasteiger partial charge in [0.15, 0.2) is 0 Å². The number of nitrogens with zero attached hydrogens (tertiary/aromatic N) is 1. The van der Waals surface area contributed by atoms with Gasteiger partial charge in [-0.3, -0.25) is 22.3 Å². The predicted molar refractivity (Wildman–Crippen MR) is 185 cm³/mol. The Morgan fingerprint density at radius 2 is 1.62 bits per heavy atom. The van der Waals surface area contributed by atoms with Crippen molar-refractivity contribution in [1.29, 1.82) is 0 Å². The van der Waals surface area contributed by atoms with Crippen molar-refractivity contribution < 1.29 is 35.3 Å². The Morgan fingerprint density at radius 3 is 2.17 bits per heavy atom. The van der Waals surface area contributed by atoms with E-state index in [1.807, 2.05) is 106 Å². The van der Waals surface area contributed by atoms with Crippen LogP contribution >= 0.6 is 115 Å². The molecule has 0 saturated carbocycles. The van der Waals surface area contributed by atoms with Crippen LogP contribution in [0.3, 0.4) is 0 Å². The predicted octanol–water partition coefficient (Wildman–Crippen LogP) is 8.51. The summed E-state index contributed by atoms with van der Waals surface area (Å²) in [6, 6.07) is 10.3. The third kappa shape index (κ3) is 9.96. The molecule has 7 unspecified atom stereocenters. The molecule has 7 nitrogen and oxygen atoms in total. The summed E-state index contributed by atoms with van der Waals surface area (Å²) < 4.78 is 64.4. The van der Waals surface area contributed by atoms with Gasteiger partial charge < -0.3 is 10.1 Å². The molecule has 1 N–H and O–H groups in total. The Morgan fingerprint density at radius 1 is 1.00 bits per heavy atom. The highest BCUT2D eigenvalue weighted by atomic mass is 127. The number of benzene rings is 1. The summed E-state index contributed by atoms with van der Waals surface area (Å²) >= 11 is 8.54. The smallest absolute Gasteiger partial charge is 0.356 e. The van der Waals surface area contributed by atoms with Gasteiger partial charge in [0.2, 0.25) is 0 Å². The molecule has 1 amide bonds. The first kappa shape index (κ1) is 35.9. The summed E-state index contributed by atoms with van der Waals surface area (Å²) in [5, 5.41) is 1.64. The van der Waals surface area contributed by atoms with E-state index in [9.17, 15) is 18.0 Å². The van der Waals surface area contributed by atoms with E-state index in [1.54, 1.807) is 19.3 Å². The highest BCUT2D eigenvalue weighted by molar-refractivity contribution is 14.2. The largest absolute Gasteiger partial charge is 0.471 e. The number of hydrogen-bond donors (Lipinski definition) is 1. The zero-order valence-electron chi connectivity index (χ0n) is 20.5. The number of pyridine rings is 1. The average molecular weight is 992 g/mol. The molecule has 0 radical (unpaired) electrons. The van der Waals surface area contributed by atoms with Crippen LogP contribution in [0.5, 0.6) is 0 Å². The van der Waals surface area contributed by atoms with E-state index in [0.717, 1.165) is 43.7 Å². The van der Waals surface area contributed by atoms with Crippen molar-refractivity contribution in [3.8, 4) is 11.1 Å². The third-order valence-corrected chi connectivity index (χ3v) is 10.6. The average Bonchev–Trinajstić information content (AvgIpc) is 2.94. The van der Waals surface area contributed by atoms with Gasteiger partial charge in [-0.2, -0.15) is 13.2 Å². The van der Waals surface area contributed by atoms with Crippen LogP contribution in [0.4, 0.5) is 13.2 Å². The minimum absolute atomic E-state index is 0.558. The Kier molecular flexibility index (Phi) is 16.0. The molecule has 0 spiro atoms. The molecule has 1 aromatic heterocycles. The Bertz CT molecular complexity index is 1070. The van der Waals surface area contributed by atoms with Crippen LogP contribution in [-0.2, 0) is 22.1 Å². The molecule has 1 aromatic carbocycles. The summed E-state index contributed by atoms with van der Waals surface area (Å²) in [5.74, 6) is -2.05. The second-order valence-electron chi connectivity index (χ2n) is 8.16. The van der Waals surface area contributed by atoms with Crippen molar-refractivity contribution in [3.63, 3.8) is 0 Å². The summed E-state index contributed by atoms with van der Waals surface area (Å²) in [6.45, 7) is 1.75. The number of ether oxygens (including phenoxy) is 1. The van der Waals surface area contributed by atoms with Crippen LogP contribution < -0.4 is 5.32 Å². The van der Waals surface area contributed by atoms with Crippen molar-refractivity contribution in [1.82, 2.24) is 10.3 Å². The Hall–Kier alpha value is 1.41. The molecule has 0 bridgehead atoms. The molecular formula is C22H22F3I3N2O5S5. The standard InChI is InChI=1S/C22H22F3I3N2O5S5/c1-11(37-14-7-5-12(6-8-14)13-4-3-9-29-10-13)15(30-21(31)22(23,24)25)16-17(33-38-26)18(34-39-27)19(35-40-28)20(32-16)36-2/h3-11,15-20H,1-2H3,(H,30,31). The molecule has 1 saturated heterocycles. The number of alkyl halides is 3. The Labute approximate surface area is 288 Å². The number of amides is 1. The first-order valence-corrected chi connectivity index (χ1v) is 23.2. The van der Waals surface area contributed by atoms with Crippen LogP contribution in [-0.4, -0.2) is 64.5 Å². The lowest BCUT2D eigenvalue weighted by molar-refractivity contribution is -0.185. The molecule has 1 fully saturated rings. The maximum Gasteiger partial charge on any atom is 0.471 e. The maximum absolute atomic E-state index is 13.5. The number of carbonyl (C=O) groups excluding carboxylic acids is 1. The van der Waals surface area contributed by atoms with Crippen LogP contribution in [0.25, 0.3) is 11.1 Å². The quantitative estimate of drug-likeness (QED) is 0.119. The molecule has 222 valence electrons. The first-order chi connectivity index (χ1) is 19.1. The van der Waals surface area contributed by atoms with Crippen molar-refractivity contribution in [2.45, 2.75) is 59.1 Å². The van der Waals surface area contributed by atoms with Gasteiger partial charge in [0, 0.05) is 86.2 Å². The van der Waals surface area contributed by atoms with E-state index in [0.29, 0.717) is 0 Å². The van der Waals surface area contributed by atoms with Gasteiger partial charge in [-0.15, -0.1) is 23.5 Å². The minimum atomic E-state index is -5.08. The molecule has 0 aliphatic carbocycles. The third-order valence-electron chi connectivity index (χ3n) is 5.79. The van der Waals surface area contributed by atoms with E-state index < -0.39 is 53.2 Å². The fraction of sp³-hybridized carbons (Fsp3) is 0.455. The first-order valence-electron chi connectivity index (χ1n) is 11.2. The summed E-state index contributed by atoms with van der Waals surface area (Å²) in [5.41, 5.74) is 1.30. The number of nitrogens with one attached hydrogen (secondary N) is 1. The normalized spacial score (nSPS) is 24.9. The van der Waals surface area contributed by atoms with E-state index >= 15 is 0 Å². The molecule has 7 atom stereocenters. The van der Waals surface area contributed by atoms with Crippen molar-refractivity contribution >= 4 is 121 Å². The van der Waals surface area contributed by atoms with Gasteiger partial charge in [0.25, 0.3) is 0 Å². The molecule has 1 aliphatic rings. The lowest BCUT2D eigenvalue weighted by Gasteiger charge is -2.47. The number of carbonyl (C=O) groups is 1. The van der Waals surface area contributed by atoms with E-state index in [2.05, 4.69) is 10.3 Å². The van der Waals surface area contributed by atoms with Gasteiger partial charge in [-0.25, -0.2) is 0 Å². The second-order valence-corrected chi connectivity index (χ2v) is 14.7. The monoisotopic (exact) mass is 992 g/mol. The highest BCUT2D eigenvalue weighted by Gasteiger charge is 2.54. The lowest BCUT2D eigenvalue weighted by Crippen LogP contribution is -2.65. The number of hydrogen-bond acceptors (Lipinski definition) is 11. The second kappa shape index (κ2) is 17.8. The molecule has 2 heterocycles. The van der Waals surface area contributed by atoms with Crippen molar-refractivity contribution in [2.24, 2.45) is 0 Å². The van der Waals surface area contributed by atoms with Crippen molar-refractivity contribution in [3.05, 3.63) is 48.8 Å². The maximum atomic E-state index is 13.5. The van der Waals surface area contributed by atoms with E-state index in [1.165, 1.54) is 23.5 Å². The van der Waals surface area contributed by atoms with Gasteiger partial charge in [0.1, 0.15) is 29.9 Å². The number of aromatic nitrogens is 1. The van der Waals surface area contributed by atoms with Crippen LogP contribution in [0, 0.1) is 0 Å². The molecular weight excluding hydrogens is 970 g/mol. The van der Waals surface area contributed by atoms with Gasteiger partial charge >= 0.3 is 12.1 Å². The minimum Gasteiger partial charge on any atom is -0.356 e. The number of halogens is 6. The summed E-state index contributed by atoms with van der Waals surface area (Å²) in [6.07, 6.45) is -2.98. The summed E-state index contributed by atoms with van der Waals surface area (Å²) in [7, 11) is 3.18. The van der Waals surface area contributed by atoms with Crippen LogP contribution in [0.2, 0.25) is 0 Å². The van der Waals surface area contributed by atoms with Gasteiger partial charge in [0.05, 0.1) is 33.7 Å². The molecule has 1 aliphatic heterocycles. The molecule has 2 aromatic rings. The van der Waals surface area contributed by atoms with Gasteiger partial charge in [-0.1, -0.05) is 25.1 Å². The summed E-state index contributed by atoms with van der Waals surface area (Å²) in [4.78, 5) is 17.2. The topological polar surface area (TPSA) is 78.9 Å². The zero-order valence-corrected chi connectivity index (χ0v) is 31.0. The SMILES string of the molecule is CSC1OC(C(NC(=O)C(F)(F)F)C(C)Sc2ccc(-c3cccnc3)cc2)C(OSI)C(OSI)C1OSI. The van der Waals surface area contributed by atoms with Crippen LogP contribution in [0.1, 0.15) is 6.92 Å². The lowest BCUT2D eigenvalue weighted by atomic mass is 9.93. The molecule has 3 rings (SSSR count). The van der Waals surface area contributed by atoms with Gasteiger partial charge in [-0.05, 0) is 35.6 Å². The molecule has 18 heteroatoms. The Balaban J connectivity index is 1.94. The fourth-order valence-corrected chi connectivity index (χ4v) is 8.95. The van der Waals surface area contributed by atoms with E-state index in [4.69, 9.17) is 17.3 Å². The number of thioether (sulfide) groups is 2. The molecule has 40 heavy (non-hydrogen) atoms.